The highest BCUT2D eigenvalue weighted by molar-refractivity contribution is 6.75. The van der Waals surface area contributed by atoms with Crippen LogP contribution in [0.15, 0.2) is 30.2 Å². The number of rotatable bonds is 4. The van der Waals surface area contributed by atoms with Crippen LogP contribution in [-0.2, 0) is 13.7 Å². The number of benzene rings is 1. The summed E-state index contributed by atoms with van der Waals surface area (Å²) in [6, 6.07) is 8.22. The second-order valence-electron chi connectivity index (χ2n) is 9.38. The molecule has 1 fully saturated rings. The van der Waals surface area contributed by atoms with E-state index in [-0.39, 0.29) is 30.0 Å². The van der Waals surface area contributed by atoms with Crippen molar-refractivity contribution in [1.82, 2.24) is 0 Å². The summed E-state index contributed by atoms with van der Waals surface area (Å²) in [4.78, 5) is 0. The van der Waals surface area contributed by atoms with Crippen LogP contribution in [0.2, 0.25) is 18.6 Å². The highest BCUT2D eigenvalue weighted by Gasteiger charge is 2.51. The lowest BCUT2D eigenvalue weighted by Crippen LogP contribution is -2.43. The first-order valence-corrected chi connectivity index (χ1v) is 12.9. The first-order valence-electron chi connectivity index (χ1n) is 9.90. The highest BCUT2D eigenvalue weighted by Crippen LogP contribution is 2.46. The Labute approximate surface area is 165 Å². The van der Waals surface area contributed by atoms with Gasteiger partial charge in [-0.1, -0.05) is 24.2 Å². The number of hydrogen-bond donors (Lipinski definition) is 0. The monoisotopic (exact) mass is 388 g/mol. The summed E-state index contributed by atoms with van der Waals surface area (Å²) in [5, 5.41) is 0. The van der Waals surface area contributed by atoms with Gasteiger partial charge in [-0.2, -0.15) is 0 Å². The molecule has 1 aromatic carbocycles. The standard InChI is InChI=1S/C21H33BO4Si/c1-15(2)24-27(7,8)19-14-23-18-12-10-9-11-16(18)17(19)13-22-25-20(3,4)21(5,6)26-22/h9-13,15,19H,14H2,1-8H3/b17-13-. The topological polar surface area (TPSA) is 36.9 Å². The van der Waals surface area contributed by atoms with Crippen molar-refractivity contribution in [2.24, 2.45) is 0 Å². The van der Waals surface area contributed by atoms with Crippen LogP contribution in [0.4, 0.5) is 0 Å². The summed E-state index contributed by atoms with van der Waals surface area (Å²) in [5.74, 6) is 3.08. The van der Waals surface area contributed by atoms with E-state index in [1.165, 1.54) is 5.57 Å². The number of ether oxygens (including phenoxy) is 1. The molecular weight excluding hydrogens is 355 g/mol. The van der Waals surface area contributed by atoms with Crippen LogP contribution < -0.4 is 4.74 Å². The second-order valence-corrected chi connectivity index (χ2v) is 13.5. The maximum atomic E-state index is 6.41. The van der Waals surface area contributed by atoms with Gasteiger partial charge < -0.3 is 18.5 Å². The molecule has 1 unspecified atom stereocenters. The van der Waals surface area contributed by atoms with Crippen LogP contribution in [0.5, 0.6) is 5.75 Å². The van der Waals surface area contributed by atoms with Crippen LogP contribution in [0.25, 0.3) is 5.57 Å². The lowest BCUT2D eigenvalue weighted by atomic mass is 9.83. The van der Waals surface area contributed by atoms with Gasteiger partial charge in [-0.05, 0) is 66.3 Å². The van der Waals surface area contributed by atoms with Crippen LogP contribution in [-0.4, -0.2) is 39.3 Å². The van der Waals surface area contributed by atoms with E-state index in [9.17, 15) is 0 Å². The molecular formula is C21H33BO4Si. The van der Waals surface area contributed by atoms with Crippen molar-refractivity contribution in [2.45, 2.75) is 77.5 Å². The van der Waals surface area contributed by atoms with Gasteiger partial charge in [-0.3, -0.25) is 0 Å². The van der Waals surface area contributed by atoms with E-state index in [4.69, 9.17) is 18.5 Å². The predicted molar refractivity (Wildman–Crippen MR) is 113 cm³/mol. The third kappa shape index (κ3) is 4.04. The van der Waals surface area contributed by atoms with Gasteiger partial charge in [0.25, 0.3) is 0 Å². The fourth-order valence-electron chi connectivity index (χ4n) is 3.86. The summed E-state index contributed by atoms with van der Waals surface area (Å²) in [6.45, 7) is 17.7. The molecule has 0 bridgehead atoms. The van der Waals surface area contributed by atoms with Crippen LogP contribution in [0.3, 0.4) is 0 Å². The van der Waals surface area contributed by atoms with E-state index in [1.54, 1.807) is 0 Å². The predicted octanol–water partition coefficient (Wildman–Crippen LogP) is 5.09. The van der Waals surface area contributed by atoms with E-state index in [0.29, 0.717) is 6.61 Å². The Morgan fingerprint density at radius 3 is 2.30 bits per heavy atom. The van der Waals surface area contributed by atoms with E-state index in [1.807, 2.05) is 12.1 Å². The summed E-state index contributed by atoms with van der Waals surface area (Å²) < 4.78 is 25.0. The Morgan fingerprint density at radius 2 is 1.70 bits per heavy atom. The van der Waals surface area contributed by atoms with E-state index in [2.05, 4.69) is 72.7 Å². The van der Waals surface area contributed by atoms with E-state index in [0.717, 1.165) is 11.3 Å². The van der Waals surface area contributed by atoms with Crippen molar-refractivity contribution < 1.29 is 18.5 Å². The van der Waals surface area contributed by atoms with Crippen molar-refractivity contribution >= 4 is 21.0 Å². The summed E-state index contributed by atoms with van der Waals surface area (Å²) in [6.07, 6.45) is 0.196. The van der Waals surface area contributed by atoms with Crippen LogP contribution in [0.1, 0.15) is 47.1 Å². The Morgan fingerprint density at radius 1 is 1.11 bits per heavy atom. The van der Waals surface area contributed by atoms with Gasteiger partial charge in [0.15, 0.2) is 8.32 Å². The van der Waals surface area contributed by atoms with Gasteiger partial charge in [-0.25, -0.2) is 0 Å². The first kappa shape index (κ1) is 20.7. The molecule has 6 heteroatoms. The largest absolute Gasteiger partial charge is 0.493 e. The highest BCUT2D eigenvalue weighted by atomic mass is 28.4. The molecule has 1 aromatic rings. The molecule has 0 spiro atoms. The molecule has 2 aliphatic heterocycles. The van der Waals surface area contributed by atoms with Gasteiger partial charge in [-0.15, -0.1) is 0 Å². The summed E-state index contributed by atoms with van der Waals surface area (Å²) in [5.41, 5.74) is 1.87. The van der Waals surface area contributed by atoms with E-state index >= 15 is 0 Å². The Balaban J connectivity index is 2.01. The fraction of sp³-hybridized carbons (Fsp3) is 0.619. The minimum Gasteiger partial charge on any atom is -0.493 e. The quantitative estimate of drug-likeness (QED) is 0.673. The molecule has 2 aliphatic rings. The number of fused-ring (bicyclic) bond motifs is 1. The normalized spacial score (nSPS) is 25.6. The Bertz CT molecular complexity index is 711. The minimum absolute atomic E-state index is 0.196. The van der Waals surface area contributed by atoms with Gasteiger partial charge in [0.1, 0.15) is 5.75 Å². The van der Waals surface area contributed by atoms with Gasteiger partial charge in [0.2, 0.25) is 0 Å². The maximum Gasteiger partial charge on any atom is 0.487 e. The molecule has 2 heterocycles. The number of hydrogen-bond acceptors (Lipinski definition) is 4. The zero-order chi connectivity index (χ0) is 20.0. The molecule has 4 nitrogen and oxygen atoms in total. The van der Waals surface area contributed by atoms with Crippen molar-refractivity contribution in [3.63, 3.8) is 0 Å². The maximum absolute atomic E-state index is 6.41. The molecule has 0 N–H and O–H groups in total. The molecule has 1 atom stereocenters. The molecule has 27 heavy (non-hydrogen) atoms. The SMILES string of the molecule is CC(C)O[Si](C)(C)C1COc2ccccc2/C1=C/B1OC(C)(C)C(C)(C)O1. The third-order valence-electron chi connectivity index (χ3n) is 5.94. The smallest absolute Gasteiger partial charge is 0.487 e. The molecule has 0 aliphatic carbocycles. The van der Waals surface area contributed by atoms with Crippen LogP contribution in [0, 0.1) is 0 Å². The third-order valence-corrected chi connectivity index (χ3v) is 9.18. The zero-order valence-electron chi connectivity index (χ0n) is 18.0. The van der Waals surface area contributed by atoms with Crippen molar-refractivity contribution in [1.29, 1.82) is 0 Å². The molecule has 0 aromatic heterocycles. The lowest BCUT2D eigenvalue weighted by Gasteiger charge is -2.38. The Hall–Kier alpha value is -1.08. The summed E-state index contributed by atoms with van der Waals surface area (Å²) in [7, 11) is -2.42. The Kier molecular flexibility index (Phi) is 5.41. The first-order chi connectivity index (χ1) is 12.4. The second kappa shape index (κ2) is 7.07. The average Bonchev–Trinajstić information content (AvgIpc) is 2.73. The van der Waals surface area contributed by atoms with Crippen molar-refractivity contribution in [2.75, 3.05) is 6.61 Å². The molecule has 148 valence electrons. The molecule has 1 saturated heterocycles. The molecule has 0 radical (unpaired) electrons. The average molecular weight is 388 g/mol. The zero-order valence-corrected chi connectivity index (χ0v) is 19.0. The molecule has 3 rings (SSSR count). The molecule has 0 amide bonds. The van der Waals surface area contributed by atoms with Gasteiger partial charge in [0.05, 0.1) is 17.8 Å². The summed E-state index contributed by atoms with van der Waals surface area (Å²) >= 11 is 0. The number of para-hydroxylation sites is 1. The van der Waals surface area contributed by atoms with Gasteiger partial charge >= 0.3 is 7.12 Å². The fourth-order valence-corrected chi connectivity index (χ4v) is 6.72. The van der Waals surface area contributed by atoms with E-state index < -0.39 is 8.32 Å². The minimum atomic E-state index is -2.04. The molecule has 0 saturated carbocycles. The van der Waals surface area contributed by atoms with Crippen molar-refractivity contribution in [3.05, 3.63) is 35.8 Å². The van der Waals surface area contributed by atoms with Gasteiger partial charge in [0, 0.05) is 17.2 Å². The lowest BCUT2D eigenvalue weighted by molar-refractivity contribution is 0.00578. The van der Waals surface area contributed by atoms with Crippen molar-refractivity contribution in [3.8, 4) is 5.75 Å². The van der Waals surface area contributed by atoms with Crippen LogP contribution >= 0.6 is 0 Å².